The smallest absolute Gasteiger partial charge is 0.203 e. The SMILES string of the molecule is COc1cccc(F)c1C(=O)c1cnccc1N. The van der Waals surface area contributed by atoms with Gasteiger partial charge in [-0.2, -0.15) is 0 Å². The second-order valence-electron chi connectivity index (χ2n) is 3.61. The van der Waals surface area contributed by atoms with Crippen molar-refractivity contribution in [3.05, 3.63) is 53.6 Å². The van der Waals surface area contributed by atoms with Crippen molar-refractivity contribution in [2.24, 2.45) is 0 Å². The number of nitrogens with zero attached hydrogens (tertiary/aromatic N) is 1. The summed E-state index contributed by atoms with van der Waals surface area (Å²) in [7, 11) is 1.37. The summed E-state index contributed by atoms with van der Waals surface area (Å²) in [6.45, 7) is 0. The maximum absolute atomic E-state index is 13.7. The molecule has 0 bridgehead atoms. The Morgan fingerprint density at radius 1 is 1.39 bits per heavy atom. The lowest BCUT2D eigenvalue weighted by Gasteiger charge is -2.09. The first-order chi connectivity index (χ1) is 8.65. The molecule has 0 saturated carbocycles. The highest BCUT2D eigenvalue weighted by Gasteiger charge is 2.20. The van der Waals surface area contributed by atoms with Crippen molar-refractivity contribution in [2.75, 3.05) is 12.8 Å². The van der Waals surface area contributed by atoms with Crippen molar-refractivity contribution in [3.8, 4) is 5.75 Å². The van der Waals surface area contributed by atoms with Crippen LogP contribution >= 0.6 is 0 Å². The van der Waals surface area contributed by atoms with Crippen LogP contribution in [0.2, 0.25) is 0 Å². The molecule has 0 aliphatic heterocycles. The molecule has 1 aromatic heterocycles. The van der Waals surface area contributed by atoms with E-state index < -0.39 is 11.6 Å². The number of rotatable bonds is 3. The van der Waals surface area contributed by atoms with Gasteiger partial charge in [0.05, 0.1) is 12.7 Å². The first kappa shape index (κ1) is 12.0. The van der Waals surface area contributed by atoms with Crippen molar-refractivity contribution >= 4 is 11.5 Å². The number of benzene rings is 1. The van der Waals surface area contributed by atoms with Gasteiger partial charge in [0.25, 0.3) is 0 Å². The molecule has 2 N–H and O–H groups in total. The zero-order chi connectivity index (χ0) is 13.1. The van der Waals surface area contributed by atoms with Crippen LogP contribution < -0.4 is 10.5 Å². The lowest BCUT2D eigenvalue weighted by molar-refractivity contribution is 0.103. The molecule has 0 atom stereocenters. The van der Waals surface area contributed by atoms with E-state index in [1.54, 1.807) is 0 Å². The fourth-order valence-electron chi connectivity index (χ4n) is 1.62. The third-order valence-corrected chi connectivity index (χ3v) is 2.52. The summed E-state index contributed by atoms with van der Waals surface area (Å²) < 4.78 is 18.7. The lowest BCUT2D eigenvalue weighted by atomic mass is 10.0. The van der Waals surface area contributed by atoms with E-state index in [2.05, 4.69) is 4.98 Å². The van der Waals surface area contributed by atoms with Crippen LogP contribution in [0.15, 0.2) is 36.7 Å². The zero-order valence-corrected chi connectivity index (χ0v) is 9.68. The molecule has 5 heteroatoms. The molecular formula is C13H11FN2O2. The van der Waals surface area contributed by atoms with E-state index in [0.29, 0.717) is 0 Å². The molecule has 2 rings (SSSR count). The Labute approximate surface area is 103 Å². The van der Waals surface area contributed by atoms with Crippen LogP contribution in [-0.2, 0) is 0 Å². The Balaban J connectivity index is 2.56. The zero-order valence-electron chi connectivity index (χ0n) is 9.68. The Kier molecular flexibility index (Phi) is 3.23. The third-order valence-electron chi connectivity index (χ3n) is 2.52. The van der Waals surface area contributed by atoms with Crippen LogP contribution in [0.5, 0.6) is 5.75 Å². The van der Waals surface area contributed by atoms with Gasteiger partial charge in [0, 0.05) is 18.1 Å². The van der Waals surface area contributed by atoms with Crippen LogP contribution in [0.1, 0.15) is 15.9 Å². The molecule has 0 saturated heterocycles. The summed E-state index contributed by atoms with van der Waals surface area (Å²) >= 11 is 0. The van der Waals surface area contributed by atoms with E-state index in [-0.39, 0.29) is 22.6 Å². The van der Waals surface area contributed by atoms with Gasteiger partial charge in [-0.15, -0.1) is 0 Å². The number of nitrogens with two attached hydrogens (primary N) is 1. The highest BCUT2D eigenvalue weighted by atomic mass is 19.1. The van der Waals surface area contributed by atoms with Crippen molar-refractivity contribution in [1.82, 2.24) is 4.98 Å². The molecule has 18 heavy (non-hydrogen) atoms. The number of hydrogen-bond acceptors (Lipinski definition) is 4. The number of halogens is 1. The fraction of sp³-hybridized carbons (Fsp3) is 0.0769. The van der Waals surface area contributed by atoms with Crippen molar-refractivity contribution in [1.29, 1.82) is 0 Å². The first-order valence-corrected chi connectivity index (χ1v) is 5.22. The molecule has 0 aliphatic rings. The number of aromatic nitrogens is 1. The van der Waals surface area contributed by atoms with Gasteiger partial charge in [0.2, 0.25) is 5.78 Å². The van der Waals surface area contributed by atoms with Crippen molar-refractivity contribution in [2.45, 2.75) is 0 Å². The number of carbonyl (C=O) groups is 1. The lowest BCUT2D eigenvalue weighted by Crippen LogP contribution is -2.09. The molecule has 0 amide bonds. The van der Waals surface area contributed by atoms with Crippen LogP contribution in [0.4, 0.5) is 10.1 Å². The fourth-order valence-corrected chi connectivity index (χ4v) is 1.62. The number of nitrogen functional groups attached to an aromatic ring is 1. The number of ether oxygens (including phenoxy) is 1. The van der Waals surface area contributed by atoms with E-state index in [9.17, 15) is 9.18 Å². The average Bonchev–Trinajstić information content (AvgIpc) is 2.38. The molecule has 2 aromatic rings. The van der Waals surface area contributed by atoms with Gasteiger partial charge in [-0.3, -0.25) is 9.78 Å². The predicted octanol–water partition coefficient (Wildman–Crippen LogP) is 2.04. The highest BCUT2D eigenvalue weighted by molar-refractivity contribution is 6.13. The summed E-state index contributed by atoms with van der Waals surface area (Å²) in [5.41, 5.74) is 5.94. The van der Waals surface area contributed by atoms with E-state index in [1.807, 2.05) is 0 Å². The number of carbonyl (C=O) groups excluding carboxylic acids is 1. The Morgan fingerprint density at radius 3 is 2.83 bits per heavy atom. The van der Waals surface area contributed by atoms with Gasteiger partial charge in [-0.1, -0.05) is 6.07 Å². The molecule has 92 valence electrons. The summed E-state index contributed by atoms with van der Waals surface area (Å²) in [6.07, 6.45) is 2.77. The largest absolute Gasteiger partial charge is 0.496 e. The number of hydrogen-bond donors (Lipinski definition) is 1. The topological polar surface area (TPSA) is 65.2 Å². The molecular weight excluding hydrogens is 235 g/mol. The molecule has 0 radical (unpaired) electrons. The highest BCUT2D eigenvalue weighted by Crippen LogP contribution is 2.25. The van der Waals surface area contributed by atoms with Gasteiger partial charge in [-0.25, -0.2) is 4.39 Å². The predicted molar refractivity (Wildman–Crippen MR) is 65.0 cm³/mol. The van der Waals surface area contributed by atoms with Crippen molar-refractivity contribution < 1.29 is 13.9 Å². The quantitative estimate of drug-likeness (QED) is 0.842. The molecule has 0 fully saturated rings. The Hall–Kier alpha value is -2.43. The van der Waals surface area contributed by atoms with E-state index in [0.717, 1.165) is 0 Å². The molecule has 0 spiro atoms. The summed E-state index contributed by atoms with van der Waals surface area (Å²) in [6, 6.07) is 5.67. The maximum Gasteiger partial charge on any atom is 0.203 e. The molecule has 1 heterocycles. The van der Waals surface area contributed by atoms with E-state index >= 15 is 0 Å². The average molecular weight is 246 g/mol. The van der Waals surface area contributed by atoms with Gasteiger partial charge in [0.15, 0.2) is 0 Å². The molecule has 0 aliphatic carbocycles. The van der Waals surface area contributed by atoms with Gasteiger partial charge >= 0.3 is 0 Å². The normalized spacial score (nSPS) is 10.1. The monoisotopic (exact) mass is 246 g/mol. The van der Waals surface area contributed by atoms with Gasteiger partial charge in [-0.05, 0) is 18.2 Å². The minimum Gasteiger partial charge on any atom is -0.496 e. The van der Waals surface area contributed by atoms with E-state index in [4.69, 9.17) is 10.5 Å². The molecule has 1 aromatic carbocycles. The van der Waals surface area contributed by atoms with Crippen LogP contribution in [-0.4, -0.2) is 17.9 Å². The summed E-state index contributed by atoms with van der Waals surface area (Å²) in [4.78, 5) is 16.0. The maximum atomic E-state index is 13.7. The summed E-state index contributed by atoms with van der Waals surface area (Å²) in [5.74, 6) is -1.03. The van der Waals surface area contributed by atoms with Gasteiger partial charge in [0.1, 0.15) is 17.1 Å². The second-order valence-corrected chi connectivity index (χ2v) is 3.61. The number of pyridine rings is 1. The van der Waals surface area contributed by atoms with Crippen LogP contribution in [0.25, 0.3) is 0 Å². The molecule has 0 unspecified atom stereocenters. The Bertz CT molecular complexity index is 599. The first-order valence-electron chi connectivity index (χ1n) is 5.22. The molecule has 4 nitrogen and oxygen atoms in total. The number of methoxy groups -OCH3 is 1. The Morgan fingerprint density at radius 2 is 2.17 bits per heavy atom. The summed E-state index contributed by atoms with van der Waals surface area (Å²) in [5, 5.41) is 0. The number of ketones is 1. The number of anilines is 1. The van der Waals surface area contributed by atoms with Gasteiger partial charge < -0.3 is 10.5 Å². The third kappa shape index (κ3) is 2.02. The van der Waals surface area contributed by atoms with Crippen LogP contribution in [0.3, 0.4) is 0 Å². The van der Waals surface area contributed by atoms with Crippen LogP contribution in [0, 0.1) is 5.82 Å². The van der Waals surface area contributed by atoms with Crippen molar-refractivity contribution in [3.63, 3.8) is 0 Å². The second kappa shape index (κ2) is 4.83. The minimum atomic E-state index is -0.650. The minimum absolute atomic E-state index is 0.139. The standard InChI is InChI=1S/C13H11FN2O2/c1-18-11-4-2-3-9(14)12(11)13(17)8-7-16-6-5-10(8)15/h2-7H,1H3,(H2,15,16). The van der Waals surface area contributed by atoms with E-state index in [1.165, 1.54) is 43.8 Å².